The van der Waals surface area contributed by atoms with Crippen molar-refractivity contribution in [3.05, 3.63) is 11.9 Å². The molecule has 5 nitrogen and oxygen atoms in total. The molecule has 1 aliphatic heterocycles. The summed E-state index contributed by atoms with van der Waals surface area (Å²) in [4.78, 5) is 10.7. The van der Waals surface area contributed by atoms with E-state index in [9.17, 15) is 5.11 Å². The highest BCUT2D eigenvalue weighted by atomic mass is 16.3. The fraction of sp³-hybridized carbons (Fsp3) is 0.667. The van der Waals surface area contributed by atoms with E-state index in [1.807, 2.05) is 6.92 Å². The number of nitrogen functional groups attached to an aromatic ring is 1. The SMILES string of the molecule is Cc1nc(N)cc(N2CCCCCC2CO)n1. The molecule has 0 bridgehead atoms. The second-order valence-corrected chi connectivity index (χ2v) is 4.58. The number of aryl methyl sites for hydroxylation is 1. The highest BCUT2D eigenvalue weighted by Gasteiger charge is 2.22. The molecule has 0 saturated carbocycles. The van der Waals surface area contributed by atoms with Gasteiger partial charge in [0.05, 0.1) is 12.6 Å². The van der Waals surface area contributed by atoms with Crippen molar-refractivity contribution in [1.29, 1.82) is 0 Å². The number of hydrogen-bond donors (Lipinski definition) is 2. The van der Waals surface area contributed by atoms with E-state index in [2.05, 4.69) is 14.9 Å². The summed E-state index contributed by atoms with van der Waals surface area (Å²) in [5.74, 6) is 2.02. The molecule has 2 heterocycles. The van der Waals surface area contributed by atoms with Crippen LogP contribution >= 0.6 is 0 Å². The third-order valence-corrected chi connectivity index (χ3v) is 3.23. The summed E-state index contributed by atoms with van der Waals surface area (Å²) in [5.41, 5.74) is 5.75. The van der Waals surface area contributed by atoms with Crippen LogP contribution in [0.5, 0.6) is 0 Å². The third-order valence-electron chi connectivity index (χ3n) is 3.23. The number of aromatic nitrogens is 2. The number of nitrogens with zero attached hydrogens (tertiary/aromatic N) is 3. The third kappa shape index (κ3) is 2.85. The molecule has 1 aliphatic rings. The predicted molar refractivity (Wildman–Crippen MR) is 67.9 cm³/mol. The fourth-order valence-electron chi connectivity index (χ4n) is 2.39. The van der Waals surface area contributed by atoms with E-state index in [1.165, 1.54) is 12.8 Å². The second-order valence-electron chi connectivity index (χ2n) is 4.58. The highest BCUT2D eigenvalue weighted by molar-refractivity contribution is 5.47. The summed E-state index contributed by atoms with van der Waals surface area (Å²) >= 11 is 0. The number of aliphatic hydroxyl groups excluding tert-OH is 1. The topological polar surface area (TPSA) is 75.3 Å². The minimum atomic E-state index is 0.159. The van der Waals surface area contributed by atoms with Crippen molar-refractivity contribution >= 4 is 11.6 Å². The van der Waals surface area contributed by atoms with Gasteiger partial charge in [-0.05, 0) is 19.8 Å². The van der Waals surface area contributed by atoms with Crippen LogP contribution in [-0.2, 0) is 0 Å². The molecule has 94 valence electrons. The van der Waals surface area contributed by atoms with E-state index >= 15 is 0 Å². The minimum absolute atomic E-state index is 0.159. The molecule has 1 fully saturated rings. The standard InChI is InChI=1S/C12H20N4O/c1-9-14-11(13)7-12(15-9)16-6-4-2-3-5-10(16)8-17/h7,10,17H,2-6,8H2,1H3,(H2,13,14,15). The highest BCUT2D eigenvalue weighted by Crippen LogP contribution is 2.23. The van der Waals surface area contributed by atoms with Crippen molar-refractivity contribution in [2.24, 2.45) is 0 Å². The molecule has 1 aromatic heterocycles. The zero-order valence-corrected chi connectivity index (χ0v) is 10.3. The molecular weight excluding hydrogens is 216 g/mol. The first-order valence-electron chi connectivity index (χ1n) is 6.19. The number of anilines is 2. The summed E-state index contributed by atoms with van der Waals surface area (Å²) in [5, 5.41) is 9.47. The van der Waals surface area contributed by atoms with Crippen LogP contribution in [0, 0.1) is 6.92 Å². The van der Waals surface area contributed by atoms with E-state index < -0.39 is 0 Å². The fourth-order valence-corrected chi connectivity index (χ4v) is 2.39. The number of rotatable bonds is 2. The number of nitrogens with two attached hydrogens (primary N) is 1. The molecule has 0 radical (unpaired) electrons. The zero-order valence-electron chi connectivity index (χ0n) is 10.3. The molecule has 0 aromatic carbocycles. The first-order chi connectivity index (χ1) is 8.20. The Balaban J connectivity index is 2.27. The molecule has 0 aliphatic carbocycles. The number of aliphatic hydroxyl groups is 1. The Bertz CT molecular complexity index is 363. The molecule has 1 aromatic rings. The van der Waals surface area contributed by atoms with Gasteiger partial charge in [0.1, 0.15) is 17.5 Å². The van der Waals surface area contributed by atoms with Gasteiger partial charge in [-0.15, -0.1) is 0 Å². The predicted octanol–water partition coefficient (Wildman–Crippen LogP) is 1.11. The van der Waals surface area contributed by atoms with E-state index in [-0.39, 0.29) is 12.6 Å². The van der Waals surface area contributed by atoms with Crippen LogP contribution < -0.4 is 10.6 Å². The van der Waals surface area contributed by atoms with Gasteiger partial charge in [0.15, 0.2) is 0 Å². The van der Waals surface area contributed by atoms with E-state index in [0.29, 0.717) is 11.6 Å². The minimum Gasteiger partial charge on any atom is -0.394 e. The first-order valence-corrected chi connectivity index (χ1v) is 6.19. The molecular formula is C12H20N4O. The maximum Gasteiger partial charge on any atom is 0.134 e. The average molecular weight is 236 g/mol. The van der Waals surface area contributed by atoms with Crippen molar-refractivity contribution in [2.75, 3.05) is 23.8 Å². The molecule has 0 amide bonds. The Kier molecular flexibility index (Phi) is 3.78. The Morgan fingerprint density at radius 2 is 2.24 bits per heavy atom. The van der Waals surface area contributed by atoms with Gasteiger partial charge >= 0.3 is 0 Å². The van der Waals surface area contributed by atoms with Gasteiger partial charge < -0.3 is 15.7 Å². The lowest BCUT2D eigenvalue weighted by Gasteiger charge is -2.29. The van der Waals surface area contributed by atoms with Crippen molar-refractivity contribution < 1.29 is 5.11 Å². The van der Waals surface area contributed by atoms with Crippen LogP contribution in [0.4, 0.5) is 11.6 Å². The Morgan fingerprint density at radius 1 is 1.41 bits per heavy atom. The van der Waals surface area contributed by atoms with Crippen LogP contribution in [0.3, 0.4) is 0 Å². The lowest BCUT2D eigenvalue weighted by molar-refractivity contribution is 0.254. The Morgan fingerprint density at radius 3 is 2.94 bits per heavy atom. The molecule has 1 unspecified atom stereocenters. The monoisotopic (exact) mass is 236 g/mol. The number of hydrogen-bond acceptors (Lipinski definition) is 5. The molecule has 17 heavy (non-hydrogen) atoms. The summed E-state index contributed by atoms with van der Waals surface area (Å²) in [7, 11) is 0. The van der Waals surface area contributed by atoms with Crippen LogP contribution in [-0.4, -0.2) is 34.3 Å². The van der Waals surface area contributed by atoms with Crippen molar-refractivity contribution in [3.8, 4) is 0 Å². The average Bonchev–Trinajstić information content (AvgIpc) is 2.52. The largest absolute Gasteiger partial charge is 0.394 e. The smallest absolute Gasteiger partial charge is 0.134 e. The molecule has 0 spiro atoms. The maximum atomic E-state index is 9.47. The van der Waals surface area contributed by atoms with Gasteiger partial charge in [0.2, 0.25) is 0 Å². The summed E-state index contributed by atoms with van der Waals surface area (Å²) in [6.07, 6.45) is 4.53. The van der Waals surface area contributed by atoms with Crippen molar-refractivity contribution in [3.63, 3.8) is 0 Å². The van der Waals surface area contributed by atoms with Gasteiger partial charge in [-0.1, -0.05) is 12.8 Å². The van der Waals surface area contributed by atoms with E-state index in [1.54, 1.807) is 6.07 Å². The normalized spacial score (nSPS) is 21.3. The van der Waals surface area contributed by atoms with Crippen LogP contribution in [0.25, 0.3) is 0 Å². The maximum absolute atomic E-state index is 9.47. The first kappa shape index (κ1) is 12.1. The lowest BCUT2D eigenvalue weighted by atomic mass is 10.1. The van der Waals surface area contributed by atoms with Gasteiger partial charge in [0, 0.05) is 12.6 Å². The Hall–Kier alpha value is -1.36. The zero-order chi connectivity index (χ0) is 12.3. The van der Waals surface area contributed by atoms with Gasteiger partial charge in [-0.25, -0.2) is 9.97 Å². The molecule has 3 N–H and O–H groups in total. The van der Waals surface area contributed by atoms with E-state index in [4.69, 9.17) is 5.73 Å². The van der Waals surface area contributed by atoms with Crippen molar-refractivity contribution in [2.45, 2.75) is 38.6 Å². The van der Waals surface area contributed by atoms with Crippen LogP contribution in [0.15, 0.2) is 6.07 Å². The molecule has 1 saturated heterocycles. The van der Waals surface area contributed by atoms with Crippen LogP contribution in [0.2, 0.25) is 0 Å². The summed E-state index contributed by atoms with van der Waals surface area (Å²) in [6.45, 7) is 2.94. The molecule has 1 atom stereocenters. The van der Waals surface area contributed by atoms with E-state index in [0.717, 1.165) is 25.2 Å². The second kappa shape index (κ2) is 5.31. The summed E-state index contributed by atoms with van der Waals surface area (Å²) in [6, 6.07) is 1.95. The van der Waals surface area contributed by atoms with Gasteiger partial charge in [-0.3, -0.25) is 0 Å². The Labute approximate surface area is 102 Å². The van der Waals surface area contributed by atoms with Crippen molar-refractivity contribution in [1.82, 2.24) is 9.97 Å². The lowest BCUT2D eigenvalue weighted by Crippen LogP contribution is -2.38. The summed E-state index contributed by atoms with van der Waals surface area (Å²) < 4.78 is 0. The van der Waals surface area contributed by atoms with Crippen LogP contribution in [0.1, 0.15) is 31.5 Å². The van der Waals surface area contributed by atoms with Gasteiger partial charge in [-0.2, -0.15) is 0 Å². The van der Waals surface area contributed by atoms with Gasteiger partial charge in [0.25, 0.3) is 0 Å². The molecule has 5 heteroatoms. The quantitative estimate of drug-likeness (QED) is 0.804. The molecule has 2 rings (SSSR count).